The highest BCUT2D eigenvalue weighted by Gasteiger charge is 2.21. The Hall–Kier alpha value is -3.48. The van der Waals surface area contributed by atoms with Crippen LogP contribution in [0, 0.1) is 0 Å². The number of benzene rings is 2. The summed E-state index contributed by atoms with van der Waals surface area (Å²) in [5.74, 6) is 3.06. The number of methoxy groups -OCH3 is 1. The molecule has 31 heavy (non-hydrogen) atoms. The van der Waals surface area contributed by atoms with E-state index in [0.29, 0.717) is 24.9 Å². The molecule has 2 N–H and O–H groups in total. The van der Waals surface area contributed by atoms with Crippen molar-refractivity contribution in [3.8, 4) is 23.0 Å². The lowest BCUT2D eigenvalue weighted by molar-refractivity contribution is 0.254. The Balaban J connectivity index is 1.44. The van der Waals surface area contributed by atoms with E-state index in [1.54, 1.807) is 13.4 Å². The van der Waals surface area contributed by atoms with Gasteiger partial charge in [0.2, 0.25) is 5.89 Å². The first-order chi connectivity index (χ1) is 15.2. The number of rotatable bonds is 7. The van der Waals surface area contributed by atoms with E-state index in [0.717, 1.165) is 41.3 Å². The molecular formula is C24H28N4O3. The second-order valence-electron chi connectivity index (χ2n) is 7.46. The van der Waals surface area contributed by atoms with E-state index in [1.807, 2.05) is 43.3 Å². The summed E-state index contributed by atoms with van der Waals surface area (Å²) in [6, 6.07) is 13.9. The highest BCUT2D eigenvalue weighted by Crippen LogP contribution is 2.35. The van der Waals surface area contributed by atoms with Crippen molar-refractivity contribution < 1.29 is 13.9 Å². The highest BCUT2D eigenvalue weighted by atomic mass is 16.5. The van der Waals surface area contributed by atoms with E-state index < -0.39 is 0 Å². The Kier molecular flexibility index (Phi) is 6.40. The molecule has 1 unspecified atom stereocenters. The van der Waals surface area contributed by atoms with Crippen LogP contribution in [0.2, 0.25) is 0 Å². The second-order valence-corrected chi connectivity index (χ2v) is 7.46. The summed E-state index contributed by atoms with van der Waals surface area (Å²) in [5.41, 5.74) is 3.93. The molecule has 1 aromatic heterocycles. The maximum absolute atomic E-state index is 5.89. The van der Waals surface area contributed by atoms with Crippen molar-refractivity contribution in [3.63, 3.8) is 0 Å². The van der Waals surface area contributed by atoms with Gasteiger partial charge in [-0.2, -0.15) is 0 Å². The lowest BCUT2D eigenvalue weighted by atomic mass is 10.1. The molecule has 3 aromatic rings. The van der Waals surface area contributed by atoms with Crippen molar-refractivity contribution in [3.05, 3.63) is 65.5 Å². The van der Waals surface area contributed by atoms with Crippen LogP contribution in [-0.2, 0) is 19.5 Å². The number of aromatic nitrogens is 1. The largest absolute Gasteiger partial charge is 0.496 e. The van der Waals surface area contributed by atoms with Crippen LogP contribution in [-0.4, -0.2) is 30.7 Å². The topological polar surface area (TPSA) is 80.9 Å². The van der Waals surface area contributed by atoms with Crippen LogP contribution in [0.1, 0.15) is 30.7 Å². The average Bonchev–Trinajstić information content (AvgIpc) is 3.41. The van der Waals surface area contributed by atoms with Crippen molar-refractivity contribution in [1.82, 2.24) is 15.6 Å². The number of nitrogens with one attached hydrogen (secondary N) is 2. The molecule has 0 amide bonds. The maximum atomic E-state index is 5.89. The minimum atomic E-state index is 0.195. The molecule has 1 aliphatic rings. The summed E-state index contributed by atoms with van der Waals surface area (Å²) in [4.78, 5) is 9.27. The van der Waals surface area contributed by atoms with Crippen molar-refractivity contribution in [2.75, 3.05) is 13.7 Å². The molecule has 0 saturated carbocycles. The Morgan fingerprint density at radius 1 is 1.23 bits per heavy atom. The van der Waals surface area contributed by atoms with Gasteiger partial charge in [0.15, 0.2) is 5.96 Å². The molecule has 7 nitrogen and oxygen atoms in total. The number of nitrogens with zero attached hydrogens (tertiary/aromatic N) is 2. The van der Waals surface area contributed by atoms with E-state index in [2.05, 4.69) is 28.6 Å². The number of aliphatic imine (C=N–C) groups is 1. The number of guanidine groups is 1. The van der Waals surface area contributed by atoms with Crippen LogP contribution in [0.25, 0.3) is 11.5 Å². The molecule has 2 heterocycles. The van der Waals surface area contributed by atoms with Gasteiger partial charge in [0.25, 0.3) is 0 Å². The van der Waals surface area contributed by atoms with E-state index in [9.17, 15) is 0 Å². The first-order valence-corrected chi connectivity index (χ1v) is 10.5. The van der Waals surface area contributed by atoms with Gasteiger partial charge in [0, 0.05) is 29.7 Å². The predicted octanol–water partition coefficient (Wildman–Crippen LogP) is 3.93. The summed E-state index contributed by atoms with van der Waals surface area (Å²) in [5, 5.41) is 6.58. The number of fused-ring (bicyclic) bond motifs is 1. The highest BCUT2D eigenvalue weighted by molar-refractivity contribution is 5.79. The normalized spacial score (nSPS) is 15.3. The second kappa shape index (κ2) is 9.55. The van der Waals surface area contributed by atoms with Crippen LogP contribution in [0.4, 0.5) is 0 Å². The molecule has 7 heteroatoms. The van der Waals surface area contributed by atoms with Gasteiger partial charge in [-0.05, 0) is 38.1 Å². The summed E-state index contributed by atoms with van der Waals surface area (Å²) < 4.78 is 17.1. The molecule has 0 radical (unpaired) electrons. The lowest BCUT2D eigenvalue weighted by Crippen LogP contribution is -2.36. The third-order valence-electron chi connectivity index (χ3n) is 5.06. The minimum Gasteiger partial charge on any atom is -0.496 e. The fraction of sp³-hybridized carbons (Fsp3) is 0.333. The van der Waals surface area contributed by atoms with Gasteiger partial charge in [-0.25, -0.2) is 9.98 Å². The molecule has 0 spiro atoms. The maximum Gasteiger partial charge on any atom is 0.226 e. The molecule has 4 rings (SSSR count). The molecule has 1 aliphatic heterocycles. The van der Waals surface area contributed by atoms with E-state index in [-0.39, 0.29) is 6.10 Å². The average molecular weight is 421 g/mol. The van der Waals surface area contributed by atoms with E-state index in [4.69, 9.17) is 18.9 Å². The number of oxazole rings is 1. The number of hydrogen-bond acceptors (Lipinski definition) is 5. The summed E-state index contributed by atoms with van der Waals surface area (Å²) in [7, 11) is 1.69. The quantitative estimate of drug-likeness (QED) is 0.445. The van der Waals surface area contributed by atoms with Gasteiger partial charge in [0.05, 0.1) is 25.9 Å². The van der Waals surface area contributed by atoms with Crippen LogP contribution < -0.4 is 20.1 Å². The van der Waals surface area contributed by atoms with Gasteiger partial charge in [-0.3, -0.25) is 0 Å². The third-order valence-corrected chi connectivity index (χ3v) is 5.06. The van der Waals surface area contributed by atoms with Crippen molar-refractivity contribution in [2.45, 2.75) is 39.5 Å². The van der Waals surface area contributed by atoms with Gasteiger partial charge in [-0.15, -0.1) is 0 Å². The molecule has 0 aliphatic carbocycles. The van der Waals surface area contributed by atoms with Crippen LogP contribution in [0.3, 0.4) is 0 Å². The predicted molar refractivity (Wildman–Crippen MR) is 120 cm³/mol. The number of ether oxygens (including phenoxy) is 2. The van der Waals surface area contributed by atoms with Crippen LogP contribution in [0.5, 0.6) is 11.5 Å². The zero-order chi connectivity index (χ0) is 21.6. The summed E-state index contributed by atoms with van der Waals surface area (Å²) in [6.45, 7) is 5.83. The van der Waals surface area contributed by atoms with E-state index >= 15 is 0 Å². The summed E-state index contributed by atoms with van der Waals surface area (Å²) >= 11 is 0. The molecular weight excluding hydrogens is 392 g/mol. The van der Waals surface area contributed by atoms with Gasteiger partial charge >= 0.3 is 0 Å². The Morgan fingerprint density at radius 2 is 2.06 bits per heavy atom. The van der Waals surface area contributed by atoms with Crippen molar-refractivity contribution in [1.29, 1.82) is 0 Å². The molecule has 0 bridgehead atoms. The Morgan fingerprint density at radius 3 is 2.84 bits per heavy atom. The first-order valence-electron chi connectivity index (χ1n) is 10.5. The monoisotopic (exact) mass is 420 g/mol. The minimum absolute atomic E-state index is 0.195. The molecule has 0 fully saturated rings. The van der Waals surface area contributed by atoms with Crippen LogP contribution in [0.15, 0.2) is 58.1 Å². The van der Waals surface area contributed by atoms with Gasteiger partial charge in [-0.1, -0.05) is 18.2 Å². The molecule has 162 valence electrons. The van der Waals surface area contributed by atoms with Gasteiger partial charge < -0.3 is 24.5 Å². The fourth-order valence-corrected chi connectivity index (χ4v) is 3.58. The first kappa shape index (κ1) is 20.8. The zero-order valence-corrected chi connectivity index (χ0v) is 18.1. The Labute approximate surface area is 182 Å². The van der Waals surface area contributed by atoms with Crippen molar-refractivity contribution >= 4 is 5.96 Å². The van der Waals surface area contributed by atoms with Crippen molar-refractivity contribution in [2.24, 2.45) is 4.99 Å². The standard InChI is InChI=1S/C24H28N4O3/c1-4-25-24(27-14-20-15-30-23(28-20)17-8-6-5-7-9-17)26-13-19-12-22-18(10-16(2)31-22)11-21(19)29-3/h5-9,11-12,15-16H,4,10,13-14H2,1-3H3,(H2,25,26,27). The van der Waals surface area contributed by atoms with E-state index in [1.165, 1.54) is 5.56 Å². The number of hydrogen-bond donors (Lipinski definition) is 2. The molecule has 1 atom stereocenters. The third kappa shape index (κ3) is 4.99. The van der Waals surface area contributed by atoms with Crippen LogP contribution >= 0.6 is 0 Å². The smallest absolute Gasteiger partial charge is 0.226 e. The van der Waals surface area contributed by atoms with Gasteiger partial charge in [0.1, 0.15) is 23.9 Å². The Bertz CT molecular complexity index is 1050. The summed E-state index contributed by atoms with van der Waals surface area (Å²) in [6.07, 6.45) is 2.77. The molecule has 0 saturated heterocycles. The fourth-order valence-electron chi connectivity index (χ4n) is 3.58. The lowest BCUT2D eigenvalue weighted by Gasteiger charge is -2.12. The SMILES string of the molecule is CCNC(=NCc1cc2c(cc1OC)CC(C)O2)NCc1coc(-c2ccccc2)n1. The molecule has 2 aromatic carbocycles. The zero-order valence-electron chi connectivity index (χ0n) is 18.1.